The second kappa shape index (κ2) is 5.32. The highest BCUT2D eigenvalue weighted by Gasteiger charge is 2.10. The number of hydrazine groups is 1. The van der Waals surface area contributed by atoms with Crippen LogP contribution in [0.25, 0.3) is 0 Å². The van der Waals surface area contributed by atoms with Gasteiger partial charge in [-0.25, -0.2) is 10.6 Å². The molecular formula is C12H16N2O2. The van der Waals surface area contributed by atoms with E-state index in [1.807, 2.05) is 13.0 Å². The first-order valence-corrected chi connectivity index (χ1v) is 5.04. The molecule has 0 bridgehead atoms. The Morgan fingerprint density at radius 1 is 1.62 bits per heavy atom. The Morgan fingerprint density at radius 2 is 2.31 bits per heavy atom. The second-order valence-electron chi connectivity index (χ2n) is 3.31. The van der Waals surface area contributed by atoms with Gasteiger partial charge in [0.25, 0.3) is 0 Å². The van der Waals surface area contributed by atoms with Gasteiger partial charge in [0.2, 0.25) is 0 Å². The molecule has 0 saturated heterocycles. The van der Waals surface area contributed by atoms with E-state index in [2.05, 4.69) is 6.58 Å². The maximum absolute atomic E-state index is 11.5. The third kappa shape index (κ3) is 2.61. The zero-order valence-corrected chi connectivity index (χ0v) is 9.56. The Bertz CT molecular complexity index is 402. The van der Waals surface area contributed by atoms with Gasteiger partial charge in [-0.1, -0.05) is 12.6 Å². The molecule has 0 heterocycles. The molecule has 16 heavy (non-hydrogen) atoms. The fraction of sp³-hybridized carbons (Fsp3) is 0.250. The van der Waals surface area contributed by atoms with E-state index in [1.54, 1.807) is 19.1 Å². The fourth-order valence-corrected chi connectivity index (χ4v) is 1.33. The summed E-state index contributed by atoms with van der Waals surface area (Å²) in [5.74, 6) is 5.36. The smallest absolute Gasteiger partial charge is 0.338 e. The topological polar surface area (TPSA) is 55.6 Å². The number of esters is 1. The number of ether oxygens (including phenoxy) is 1. The van der Waals surface area contributed by atoms with Crippen LogP contribution < -0.4 is 10.9 Å². The third-order valence-corrected chi connectivity index (χ3v) is 2.20. The summed E-state index contributed by atoms with van der Waals surface area (Å²) in [6.07, 6.45) is 1.48. The summed E-state index contributed by atoms with van der Waals surface area (Å²) in [5.41, 5.74) is 2.19. The van der Waals surface area contributed by atoms with E-state index in [0.717, 1.165) is 11.3 Å². The monoisotopic (exact) mass is 220 g/mol. The van der Waals surface area contributed by atoms with Crippen LogP contribution in [-0.2, 0) is 4.74 Å². The Labute approximate surface area is 95.3 Å². The van der Waals surface area contributed by atoms with Gasteiger partial charge in [0.05, 0.1) is 17.9 Å². The highest BCUT2D eigenvalue weighted by molar-refractivity contribution is 5.91. The summed E-state index contributed by atoms with van der Waals surface area (Å²) in [6.45, 7) is 7.61. The standard InChI is InChI=1S/C12H16N2O2/c1-4-14(13)11-8-10(7-6-9(11)3)12(15)16-5-2/h4,6-8H,1,5,13H2,2-3H3. The largest absolute Gasteiger partial charge is 0.462 e. The summed E-state index contributed by atoms with van der Waals surface area (Å²) >= 11 is 0. The van der Waals surface area contributed by atoms with E-state index < -0.39 is 0 Å². The Morgan fingerprint density at radius 3 is 2.88 bits per heavy atom. The van der Waals surface area contributed by atoms with E-state index in [1.165, 1.54) is 11.2 Å². The van der Waals surface area contributed by atoms with Crippen molar-refractivity contribution in [3.63, 3.8) is 0 Å². The molecule has 2 N–H and O–H groups in total. The SMILES string of the molecule is C=CN(N)c1cc(C(=O)OCC)ccc1C. The van der Waals surface area contributed by atoms with Crippen molar-refractivity contribution < 1.29 is 9.53 Å². The van der Waals surface area contributed by atoms with Crippen molar-refractivity contribution in [2.45, 2.75) is 13.8 Å². The molecule has 0 amide bonds. The van der Waals surface area contributed by atoms with E-state index in [0.29, 0.717) is 12.2 Å². The molecule has 0 fully saturated rings. The van der Waals surface area contributed by atoms with Crippen LogP contribution in [0.4, 0.5) is 5.69 Å². The summed E-state index contributed by atoms with van der Waals surface area (Å²) in [7, 11) is 0. The lowest BCUT2D eigenvalue weighted by molar-refractivity contribution is 0.0526. The van der Waals surface area contributed by atoms with Gasteiger partial charge in [0.15, 0.2) is 0 Å². The lowest BCUT2D eigenvalue weighted by atomic mass is 10.1. The van der Waals surface area contributed by atoms with Gasteiger partial charge in [-0.15, -0.1) is 0 Å². The number of carbonyl (C=O) groups is 1. The maximum Gasteiger partial charge on any atom is 0.338 e. The first kappa shape index (κ1) is 12.3. The highest BCUT2D eigenvalue weighted by atomic mass is 16.5. The number of anilines is 1. The van der Waals surface area contributed by atoms with E-state index in [4.69, 9.17) is 10.6 Å². The molecule has 4 heteroatoms. The van der Waals surface area contributed by atoms with E-state index in [-0.39, 0.29) is 5.97 Å². The number of rotatable bonds is 4. The predicted octanol–water partition coefficient (Wildman–Crippen LogP) is 2.00. The summed E-state index contributed by atoms with van der Waals surface area (Å²) in [6, 6.07) is 5.23. The average molecular weight is 220 g/mol. The number of aryl methyl sites for hydroxylation is 1. The molecule has 0 aromatic heterocycles. The van der Waals surface area contributed by atoms with Crippen LogP contribution in [0.2, 0.25) is 0 Å². The minimum absolute atomic E-state index is 0.346. The van der Waals surface area contributed by atoms with Crippen LogP contribution in [0.1, 0.15) is 22.8 Å². The van der Waals surface area contributed by atoms with Gasteiger partial charge < -0.3 is 4.74 Å². The third-order valence-electron chi connectivity index (χ3n) is 2.20. The van der Waals surface area contributed by atoms with Crippen molar-refractivity contribution in [2.75, 3.05) is 11.6 Å². The van der Waals surface area contributed by atoms with E-state index >= 15 is 0 Å². The molecule has 0 spiro atoms. The number of carbonyl (C=O) groups excluding carboxylic acids is 1. The molecule has 4 nitrogen and oxygen atoms in total. The summed E-state index contributed by atoms with van der Waals surface area (Å²) in [5, 5.41) is 1.37. The van der Waals surface area contributed by atoms with Gasteiger partial charge in [-0.05, 0) is 31.5 Å². The zero-order chi connectivity index (χ0) is 12.1. The minimum Gasteiger partial charge on any atom is -0.462 e. The van der Waals surface area contributed by atoms with Gasteiger partial charge >= 0.3 is 5.97 Å². The average Bonchev–Trinajstić information content (AvgIpc) is 2.29. The molecule has 1 rings (SSSR count). The lowest BCUT2D eigenvalue weighted by Crippen LogP contribution is -2.24. The molecule has 0 aliphatic rings. The molecule has 0 unspecified atom stereocenters. The number of nitrogens with zero attached hydrogens (tertiary/aromatic N) is 1. The lowest BCUT2D eigenvalue weighted by Gasteiger charge is -2.16. The van der Waals surface area contributed by atoms with Gasteiger partial charge in [-0.2, -0.15) is 0 Å². The molecule has 0 aliphatic carbocycles. The molecule has 1 aromatic rings. The molecule has 86 valence electrons. The molecule has 0 atom stereocenters. The quantitative estimate of drug-likeness (QED) is 0.479. The number of hydrogen-bond acceptors (Lipinski definition) is 4. The maximum atomic E-state index is 11.5. The molecule has 1 aromatic carbocycles. The van der Waals surface area contributed by atoms with Crippen molar-refractivity contribution in [2.24, 2.45) is 5.84 Å². The first-order chi connectivity index (χ1) is 7.60. The Hall–Kier alpha value is -1.81. The minimum atomic E-state index is -0.346. The molecular weight excluding hydrogens is 204 g/mol. The fourth-order valence-electron chi connectivity index (χ4n) is 1.33. The Balaban J connectivity index is 3.06. The summed E-state index contributed by atoms with van der Waals surface area (Å²) < 4.78 is 4.91. The van der Waals surface area contributed by atoms with Crippen LogP contribution in [0.5, 0.6) is 0 Å². The van der Waals surface area contributed by atoms with Crippen molar-refractivity contribution in [1.29, 1.82) is 0 Å². The van der Waals surface area contributed by atoms with Crippen molar-refractivity contribution >= 4 is 11.7 Å². The number of hydrogen-bond donors (Lipinski definition) is 1. The van der Waals surface area contributed by atoms with Crippen molar-refractivity contribution in [1.82, 2.24) is 0 Å². The Kier molecular flexibility index (Phi) is 4.08. The number of benzene rings is 1. The van der Waals surface area contributed by atoms with Crippen LogP contribution in [-0.4, -0.2) is 12.6 Å². The van der Waals surface area contributed by atoms with Crippen LogP contribution in [0, 0.1) is 6.92 Å². The van der Waals surface area contributed by atoms with Crippen molar-refractivity contribution in [3.05, 3.63) is 42.1 Å². The van der Waals surface area contributed by atoms with Gasteiger partial charge in [0.1, 0.15) is 0 Å². The second-order valence-corrected chi connectivity index (χ2v) is 3.31. The van der Waals surface area contributed by atoms with E-state index in [9.17, 15) is 4.79 Å². The summed E-state index contributed by atoms with van der Waals surface area (Å²) in [4.78, 5) is 11.5. The van der Waals surface area contributed by atoms with Gasteiger partial charge in [-0.3, -0.25) is 5.01 Å². The van der Waals surface area contributed by atoms with Crippen molar-refractivity contribution in [3.8, 4) is 0 Å². The number of nitrogens with two attached hydrogens (primary N) is 1. The normalized spacial score (nSPS) is 9.69. The molecule has 0 radical (unpaired) electrons. The molecule has 0 saturated carbocycles. The highest BCUT2D eigenvalue weighted by Crippen LogP contribution is 2.20. The predicted molar refractivity (Wildman–Crippen MR) is 64.0 cm³/mol. The van der Waals surface area contributed by atoms with Crippen LogP contribution >= 0.6 is 0 Å². The first-order valence-electron chi connectivity index (χ1n) is 5.04. The van der Waals surface area contributed by atoms with Crippen LogP contribution in [0.15, 0.2) is 31.0 Å². The van der Waals surface area contributed by atoms with Crippen LogP contribution in [0.3, 0.4) is 0 Å². The van der Waals surface area contributed by atoms with Gasteiger partial charge in [0, 0.05) is 6.20 Å². The molecule has 0 aliphatic heterocycles. The zero-order valence-electron chi connectivity index (χ0n) is 9.56.